The normalized spacial score (nSPS) is 11.7. The molecule has 30 heavy (non-hydrogen) atoms. The quantitative estimate of drug-likeness (QED) is 0.378. The first-order valence-electron chi connectivity index (χ1n) is 8.59. The van der Waals surface area contributed by atoms with Gasteiger partial charge in [-0.25, -0.2) is 4.98 Å². The Balaban J connectivity index is 1.72. The number of nitro benzene ring substituents is 1. The molecule has 0 unspecified atom stereocenters. The number of thioether (sulfide) groups is 1. The Bertz CT molecular complexity index is 1120. The predicted molar refractivity (Wildman–Crippen MR) is 117 cm³/mol. The van der Waals surface area contributed by atoms with Gasteiger partial charge in [-0.15, -0.1) is 23.1 Å². The van der Waals surface area contributed by atoms with E-state index in [0.29, 0.717) is 27.8 Å². The Morgan fingerprint density at radius 2 is 2.23 bits per heavy atom. The average Bonchev–Trinajstić information content (AvgIpc) is 3.33. The fraction of sp³-hybridized carbons (Fsp3) is 0.294. The number of rotatable bonds is 9. The molecule has 2 aromatic heterocycles. The zero-order valence-corrected chi connectivity index (χ0v) is 18.2. The Morgan fingerprint density at radius 3 is 2.93 bits per heavy atom. The minimum atomic E-state index is -0.464. The van der Waals surface area contributed by atoms with E-state index in [1.807, 2.05) is 0 Å². The molecule has 13 heteroatoms. The van der Waals surface area contributed by atoms with Gasteiger partial charge in [-0.3, -0.25) is 19.7 Å². The van der Waals surface area contributed by atoms with E-state index in [1.165, 1.54) is 34.8 Å². The number of thiazole rings is 2. The summed E-state index contributed by atoms with van der Waals surface area (Å²) in [6.45, 7) is 0.847. The number of anilines is 1. The molecule has 0 aliphatic heterocycles. The number of methoxy groups -OCH3 is 1. The standard InChI is InChI=1S/C17H17N5O5S3/c1-27-6-5-21-12-3-2-11(22(25)26)8-13(12)30-17(21)20-15(24)10-28-9-14(23)19-16-18-4-7-29-16/h2-4,7-8H,5-6,9-10H2,1H3,(H,18,19,23). The summed E-state index contributed by atoms with van der Waals surface area (Å²) in [4.78, 5) is 43.3. The number of carbonyl (C=O) groups excluding carboxylic acids is 2. The monoisotopic (exact) mass is 467 g/mol. The number of nitrogens with one attached hydrogen (secondary N) is 1. The number of nitrogens with zero attached hydrogens (tertiary/aromatic N) is 4. The van der Waals surface area contributed by atoms with Crippen LogP contribution < -0.4 is 10.1 Å². The van der Waals surface area contributed by atoms with E-state index in [1.54, 1.807) is 29.3 Å². The van der Waals surface area contributed by atoms with Gasteiger partial charge in [0.15, 0.2) is 9.93 Å². The fourth-order valence-electron chi connectivity index (χ4n) is 2.47. The van der Waals surface area contributed by atoms with Gasteiger partial charge in [0.25, 0.3) is 11.6 Å². The molecule has 0 radical (unpaired) electrons. The van der Waals surface area contributed by atoms with Gasteiger partial charge in [0.1, 0.15) is 0 Å². The van der Waals surface area contributed by atoms with Crippen molar-refractivity contribution in [3.05, 3.63) is 44.7 Å². The van der Waals surface area contributed by atoms with Crippen molar-refractivity contribution in [2.24, 2.45) is 4.99 Å². The lowest BCUT2D eigenvalue weighted by atomic mass is 10.3. The van der Waals surface area contributed by atoms with Crippen molar-refractivity contribution in [2.75, 3.05) is 30.5 Å². The number of non-ortho nitro benzene ring substituents is 1. The fourth-order valence-corrected chi connectivity index (χ4v) is 4.72. The van der Waals surface area contributed by atoms with E-state index in [-0.39, 0.29) is 23.1 Å². The molecule has 3 aromatic rings. The summed E-state index contributed by atoms with van der Waals surface area (Å²) in [5.74, 6) is -0.506. The molecule has 0 spiro atoms. The third-order valence-corrected chi connectivity index (χ3v) is 6.40. The molecule has 0 fully saturated rings. The maximum atomic E-state index is 12.3. The van der Waals surface area contributed by atoms with Crippen LogP contribution in [-0.2, 0) is 20.9 Å². The minimum absolute atomic E-state index is 0.0256. The first-order chi connectivity index (χ1) is 14.5. The molecule has 2 amide bonds. The lowest BCUT2D eigenvalue weighted by molar-refractivity contribution is -0.384. The van der Waals surface area contributed by atoms with Gasteiger partial charge in [0.2, 0.25) is 5.91 Å². The highest BCUT2D eigenvalue weighted by atomic mass is 32.2. The summed E-state index contributed by atoms with van der Waals surface area (Å²) in [6, 6.07) is 4.52. The summed E-state index contributed by atoms with van der Waals surface area (Å²) < 4.78 is 7.57. The lowest BCUT2D eigenvalue weighted by Crippen LogP contribution is -2.20. The molecule has 158 valence electrons. The van der Waals surface area contributed by atoms with Gasteiger partial charge < -0.3 is 14.6 Å². The molecular weight excluding hydrogens is 450 g/mol. The average molecular weight is 468 g/mol. The third kappa shape index (κ3) is 5.72. The van der Waals surface area contributed by atoms with Crippen LogP contribution in [0.1, 0.15) is 0 Å². The molecule has 1 N–H and O–H groups in total. The second kappa shape index (κ2) is 10.4. The highest BCUT2D eigenvalue weighted by Crippen LogP contribution is 2.23. The molecular formula is C17H17N5O5S3. The Labute approximate surface area is 182 Å². The van der Waals surface area contributed by atoms with E-state index in [2.05, 4.69) is 15.3 Å². The zero-order valence-electron chi connectivity index (χ0n) is 15.8. The SMILES string of the molecule is COCCn1c(=NC(=O)CSCC(=O)Nc2nccs2)sc2cc([N+](=O)[O-])ccc21. The van der Waals surface area contributed by atoms with Crippen LogP contribution in [-0.4, -0.2) is 51.5 Å². The van der Waals surface area contributed by atoms with Gasteiger partial charge in [-0.1, -0.05) is 11.3 Å². The molecule has 0 saturated carbocycles. The Kier molecular flexibility index (Phi) is 7.68. The smallest absolute Gasteiger partial charge is 0.270 e. The van der Waals surface area contributed by atoms with E-state index in [4.69, 9.17) is 4.74 Å². The van der Waals surface area contributed by atoms with E-state index in [0.717, 1.165) is 17.3 Å². The summed E-state index contributed by atoms with van der Waals surface area (Å²) >= 11 is 3.66. The molecule has 0 bridgehead atoms. The molecule has 0 atom stereocenters. The van der Waals surface area contributed by atoms with Crippen molar-refractivity contribution < 1.29 is 19.2 Å². The second-order valence-electron chi connectivity index (χ2n) is 5.82. The molecule has 2 heterocycles. The predicted octanol–water partition coefficient (Wildman–Crippen LogP) is 2.51. The maximum absolute atomic E-state index is 12.3. The van der Waals surface area contributed by atoms with Gasteiger partial charge >= 0.3 is 0 Å². The van der Waals surface area contributed by atoms with Crippen molar-refractivity contribution in [1.29, 1.82) is 0 Å². The topological polar surface area (TPSA) is 129 Å². The highest BCUT2D eigenvalue weighted by Gasteiger charge is 2.13. The van der Waals surface area contributed by atoms with Crippen LogP contribution in [0.5, 0.6) is 0 Å². The number of nitro groups is 1. The van der Waals surface area contributed by atoms with Crippen LogP contribution in [0, 0.1) is 10.1 Å². The number of carbonyl (C=O) groups is 2. The van der Waals surface area contributed by atoms with Crippen LogP contribution in [0.2, 0.25) is 0 Å². The molecule has 0 aliphatic carbocycles. The highest BCUT2D eigenvalue weighted by molar-refractivity contribution is 8.00. The summed E-state index contributed by atoms with van der Waals surface area (Å²) in [5.41, 5.74) is 0.715. The van der Waals surface area contributed by atoms with Crippen molar-refractivity contribution >= 4 is 67.3 Å². The molecule has 10 nitrogen and oxygen atoms in total. The van der Waals surface area contributed by atoms with Crippen LogP contribution in [0.15, 0.2) is 34.8 Å². The summed E-state index contributed by atoms with van der Waals surface area (Å²) in [5, 5.41) is 15.9. The second-order valence-corrected chi connectivity index (χ2v) is 8.71. The number of aromatic nitrogens is 2. The molecule has 0 saturated heterocycles. The van der Waals surface area contributed by atoms with Crippen LogP contribution in [0.3, 0.4) is 0 Å². The van der Waals surface area contributed by atoms with Crippen LogP contribution >= 0.6 is 34.4 Å². The van der Waals surface area contributed by atoms with E-state index < -0.39 is 10.8 Å². The van der Waals surface area contributed by atoms with E-state index in [9.17, 15) is 19.7 Å². The van der Waals surface area contributed by atoms with Gasteiger partial charge in [-0.2, -0.15) is 4.99 Å². The van der Waals surface area contributed by atoms with Crippen molar-refractivity contribution in [3.8, 4) is 0 Å². The first-order valence-corrected chi connectivity index (χ1v) is 11.4. The van der Waals surface area contributed by atoms with Crippen LogP contribution in [0.25, 0.3) is 10.2 Å². The number of hydrogen-bond donors (Lipinski definition) is 1. The van der Waals surface area contributed by atoms with Gasteiger partial charge in [0, 0.05) is 37.4 Å². The maximum Gasteiger partial charge on any atom is 0.270 e. The van der Waals surface area contributed by atoms with Crippen molar-refractivity contribution in [3.63, 3.8) is 0 Å². The number of fused-ring (bicyclic) bond motifs is 1. The summed E-state index contributed by atoms with van der Waals surface area (Å²) in [7, 11) is 1.56. The number of benzene rings is 1. The minimum Gasteiger partial charge on any atom is -0.383 e. The molecule has 0 aliphatic rings. The first kappa shape index (κ1) is 22.1. The van der Waals surface area contributed by atoms with Gasteiger partial charge in [0.05, 0.1) is 33.3 Å². The molecule has 1 aromatic carbocycles. The van der Waals surface area contributed by atoms with Crippen molar-refractivity contribution in [2.45, 2.75) is 6.54 Å². The Hall–Kier alpha value is -2.61. The molecule has 3 rings (SSSR count). The third-order valence-electron chi connectivity index (χ3n) is 3.75. The number of hydrogen-bond acceptors (Lipinski definition) is 9. The van der Waals surface area contributed by atoms with Crippen molar-refractivity contribution in [1.82, 2.24) is 9.55 Å². The largest absolute Gasteiger partial charge is 0.383 e. The Morgan fingerprint density at radius 1 is 1.40 bits per heavy atom. The number of ether oxygens (including phenoxy) is 1. The lowest BCUT2D eigenvalue weighted by Gasteiger charge is -2.04. The zero-order chi connectivity index (χ0) is 21.5. The van der Waals surface area contributed by atoms with Gasteiger partial charge in [-0.05, 0) is 6.07 Å². The van der Waals surface area contributed by atoms with Crippen LogP contribution in [0.4, 0.5) is 10.8 Å². The summed E-state index contributed by atoms with van der Waals surface area (Å²) in [6.07, 6.45) is 1.59. The van der Waals surface area contributed by atoms with E-state index >= 15 is 0 Å². The number of amides is 2.